The fourth-order valence-corrected chi connectivity index (χ4v) is 3.44. The van der Waals surface area contributed by atoms with Crippen molar-refractivity contribution in [3.8, 4) is 0 Å². The van der Waals surface area contributed by atoms with Gasteiger partial charge >= 0.3 is 0 Å². The fourth-order valence-electron chi connectivity index (χ4n) is 3.44. The van der Waals surface area contributed by atoms with Crippen LogP contribution < -0.4 is 0 Å². The monoisotopic (exact) mass is 333 g/mol. The maximum absolute atomic E-state index is 12.8. The molecule has 0 aliphatic carbocycles. The third-order valence-electron chi connectivity index (χ3n) is 5.17. The number of nitrogens with zero attached hydrogens (tertiary/aromatic N) is 1. The number of hydrogen-bond acceptors (Lipinski definition) is 3. The van der Waals surface area contributed by atoms with Crippen LogP contribution in [0.15, 0.2) is 24.3 Å². The van der Waals surface area contributed by atoms with E-state index in [1.54, 1.807) is 7.11 Å². The van der Waals surface area contributed by atoms with Gasteiger partial charge in [-0.05, 0) is 43.2 Å². The molecule has 2 rings (SSSR count). The van der Waals surface area contributed by atoms with Crippen molar-refractivity contribution in [2.24, 2.45) is 5.92 Å². The maximum atomic E-state index is 12.8. The van der Waals surface area contributed by atoms with Gasteiger partial charge in [-0.3, -0.25) is 4.79 Å². The second kappa shape index (κ2) is 8.13. The van der Waals surface area contributed by atoms with E-state index in [4.69, 9.17) is 4.74 Å². The molecule has 24 heavy (non-hydrogen) atoms. The SMILES string of the molecule is COC1(CO)CCN(C(=O)C(C)c2cccc(CC(C)C)c2)CC1. The van der Waals surface area contributed by atoms with Crippen molar-refractivity contribution in [1.29, 1.82) is 0 Å². The number of amides is 1. The van der Waals surface area contributed by atoms with Crippen LogP contribution >= 0.6 is 0 Å². The van der Waals surface area contributed by atoms with E-state index >= 15 is 0 Å². The second-order valence-corrected chi connectivity index (χ2v) is 7.44. The Morgan fingerprint density at radius 1 is 1.29 bits per heavy atom. The third-order valence-corrected chi connectivity index (χ3v) is 5.17. The minimum Gasteiger partial charge on any atom is -0.393 e. The number of methoxy groups -OCH3 is 1. The average Bonchev–Trinajstić information content (AvgIpc) is 2.60. The summed E-state index contributed by atoms with van der Waals surface area (Å²) in [6, 6.07) is 8.40. The zero-order valence-electron chi connectivity index (χ0n) is 15.4. The van der Waals surface area contributed by atoms with Gasteiger partial charge in [-0.1, -0.05) is 38.1 Å². The van der Waals surface area contributed by atoms with Crippen LogP contribution in [0.5, 0.6) is 0 Å². The second-order valence-electron chi connectivity index (χ2n) is 7.44. The van der Waals surface area contributed by atoms with Gasteiger partial charge < -0.3 is 14.7 Å². The topological polar surface area (TPSA) is 49.8 Å². The summed E-state index contributed by atoms with van der Waals surface area (Å²) < 4.78 is 5.47. The Morgan fingerprint density at radius 3 is 2.50 bits per heavy atom. The first-order valence-corrected chi connectivity index (χ1v) is 8.94. The zero-order valence-corrected chi connectivity index (χ0v) is 15.4. The highest BCUT2D eigenvalue weighted by molar-refractivity contribution is 5.83. The third kappa shape index (κ3) is 4.37. The first kappa shape index (κ1) is 18.9. The van der Waals surface area contributed by atoms with E-state index in [0.717, 1.165) is 12.0 Å². The van der Waals surface area contributed by atoms with Crippen LogP contribution in [0.3, 0.4) is 0 Å². The molecule has 1 aliphatic rings. The quantitative estimate of drug-likeness (QED) is 0.871. The number of hydrogen-bond donors (Lipinski definition) is 1. The number of likely N-dealkylation sites (tertiary alicyclic amines) is 1. The average molecular weight is 333 g/mol. The van der Waals surface area contributed by atoms with Gasteiger partial charge in [0.05, 0.1) is 18.1 Å². The molecule has 1 saturated heterocycles. The van der Waals surface area contributed by atoms with Crippen molar-refractivity contribution < 1.29 is 14.6 Å². The van der Waals surface area contributed by atoms with Gasteiger partial charge in [0.25, 0.3) is 0 Å². The van der Waals surface area contributed by atoms with E-state index in [1.165, 1.54) is 5.56 Å². The molecular weight excluding hydrogens is 302 g/mol. The summed E-state index contributed by atoms with van der Waals surface area (Å²) in [6.07, 6.45) is 2.41. The van der Waals surface area contributed by atoms with Crippen molar-refractivity contribution in [3.63, 3.8) is 0 Å². The summed E-state index contributed by atoms with van der Waals surface area (Å²) in [5.41, 5.74) is 1.90. The molecule has 4 nitrogen and oxygen atoms in total. The van der Waals surface area contributed by atoms with E-state index in [1.807, 2.05) is 17.9 Å². The van der Waals surface area contributed by atoms with E-state index in [0.29, 0.717) is 31.8 Å². The highest BCUT2D eigenvalue weighted by Crippen LogP contribution is 2.28. The van der Waals surface area contributed by atoms with E-state index in [-0.39, 0.29) is 18.4 Å². The standard InChI is InChI=1S/C20H31NO3/c1-15(2)12-17-6-5-7-18(13-17)16(3)19(23)21-10-8-20(14-22,24-4)9-11-21/h5-7,13,15-16,22H,8-12,14H2,1-4H3. The Labute approximate surface area is 145 Å². The smallest absolute Gasteiger partial charge is 0.229 e. The Kier molecular flexibility index (Phi) is 6.41. The van der Waals surface area contributed by atoms with Gasteiger partial charge in [-0.15, -0.1) is 0 Å². The lowest BCUT2D eigenvalue weighted by atomic mass is 9.90. The highest BCUT2D eigenvalue weighted by atomic mass is 16.5. The first-order valence-electron chi connectivity index (χ1n) is 8.94. The summed E-state index contributed by atoms with van der Waals surface area (Å²) in [4.78, 5) is 14.8. The van der Waals surface area contributed by atoms with Gasteiger partial charge in [-0.25, -0.2) is 0 Å². The number of piperidine rings is 1. The van der Waals surface area contributed by atoms with E-state index < -0.39 is 5.60 Å². The Hall–Kier alpha value is -1.39. The number of rotatable bonds is 6. The predicted octanol–water partition coefficient (Wildman–Crippen LogP) is 2.99. The van der Waals surface area contributed by atoms with E-state index in [2.05, 4.69) is 32.0 Å². The van der Waals surface area contributed by atoms with Crippen molar-refractivity contribution in [2.75, 3.05) is 26.8 Å². The summed E-state index contributed by atoms with van der Waals surface area (Å²) in [6.45, 7) is 7.70. The van der Waals surface area contributed by atoms with Crippen LogP contribution in [0.1, 0.15) is 50.7 Å². The minimum atomic E-state index is -0.475. The Morgan fingerprint density at radius 2 is 1.96 bits per heavy atom. The Balaban J connectivity index is 2.03. The molecule has 134 valence electrons. The molecule has 0 bridgehead atoms. The number of aliphatic hydroxyl groups is 1. The molecule has 1 N–H and O–H groups in total. The summed E-state index contributed by atoms with van der Waals surface area (Å²) in [5, 5.41) is 9.53. The van der Waals surface area contributed by atoms with Crippen molar-refractivity contribution in [2.45, 2.75) is 51.6 Å². The molecule has 1 amide bonds. The summed E-state index contributed by atoms with van der Waals surface area (Å²) in [5.74, 6) is 0.634. The predicted molar refractivity (Wildman–Crippen MR) is 96.0 cm³/mol. The van der Waals surface area contributed by atoms with Gasteiger partial charge in [0.1, 0.15) is 0 Å². The van der Waals surface area contributed by atoms with Gasteiger partial charge in [0.15, 0.2) is 0 Å². The lowest BCUT2D eigenvalue weighted by molar-refractivity contribution is -0.140. The van der Waals surface area contributed by atoms with Crippen LogP contribution in [0.25, 0.3) is 0 Å². The number of carbonyl (C=O) groups excluding carboxylic acids is 1. The molecule has 0 spiro atoms. The molecule has 0 saturated carbocycles. The molecule has 0 aromatic heterocycles. The van der Waals surface area contributed by atoms with Crippen LogP contribution in [0.2, 0.25) is 0 Å². The van der Waals surface area contributed by atoms with Crippen LogP contribution in [0.4, 0.5) is 0 Å². The largest absolute Gasteiger partial charge is 0.393 e. The lowest BCUT2D eigenvalue weighted by Gasteiger charge is -2.40. The number of carbonyl (C=O) groups is 1. The lowest BCUT2D eigenvalue weighted by Crippen LogP contribution is -2.50. The molecule has 1 unspecified atom stereocenters. The first-order chi connectivity index (χ1) is 11.4. The van der Waals surface area contributed by atoms with Gasteiger partial charge in [-0.2, -0.15) is 0 Å². The van der Waals surface area contributed by atoms with Gasteiger partial charge in [0, 0.05) is 20.2 Å². The summed E-state index contributed by atoms with van der Waals surface area (Å²) >= 11 is 0. The molecule has 1 atom stereocenters. The van der Waals surface area contributed by atoms with E-state index in [9.17, 15) is 9.90 Å². The number of aliphatic hydroxyl groups excluding tert-OH is 1. The van der Waals surface area contributed by atoms with Gasteiger partial charge in [0.2, 0.25) is 5.91 Å². The highest BCUT2D eigenvalue weighted by Gasteiger charge is 2.36. The molecule has 1 aromatic carbocycles. The number of ether oxygens (including phenoxy) is 1. The fraction of sp³-hybridized carbons (Fsp3) is 0.650. The molecule has 4 heteroatoms. The van der Waals surface area contributed by atoms with Crippen molar-refractivity contribution >= 4 is 5.91 Å². The molecule has 1 aromatic rings. The Bertz CT molecular complexity index is 542. The number of benzene rings is 1. The molecular formula is C20H31NO3. The van der Waals surface area contributed by atoms with Crippen LogP contribution in [-0.2, 0) is 16.0 Å². The molecule has 1 aliphatic heterocycles. The summed E-state index contributed by atoms with van der Waals surface area (Å²) in [7, 11) is 1.64. The maximum Gasteiger partial charge on any atom is 0.229 e. The van der Waals surface area contributed by atoms with Crippen molar-refractivity contribution in [1.82, 2.24) is 4.90 Å². The van der Waals surface area contributed by atoms with Crippen molar-refractivity contribution in [3.05, 3.63) is 35.4 Å². The van der Waals surface area contributed by atoms with Crippen LogP contribution in [-0.4, -0.2) is 48.3 Å². The molecule has 1 heterocycles. The van der Waals surface area contributed by atoms with Crippen LogP contribution in [0, 0.1) is 5.92 Å². The normalized spacial score (nSPS) is 18.7. The minimum absolute atomic E-state index is 0.0122. The molecule has 0 radical (unpaired) electrons. The molecule has 1 fully saturated rings. The zero-order chi connectivity index (χ0) is 17.7.